The summed E-state index contributed by atoms with van der Waals surface area (Å²) >= 11 is 0. The lowest BCUT2D eigenvalue weighted by atomic mass is 9.90. The molecule has 0 radical (unpaired) electrons. The van der Waals surface area contributed by atoms with Crippen LogP contribution in [0.15, 0.2) is 30.3 Å². The molecule has 21 heavy (non-hydrogen) atoms. The molecular weight excluding hydrogens is 260 g/mol. The molecule has 0 bridgehead atoms. The predicted octanol–water partition coefficient (Wildman–Crippen LogP) is 2.57. The van der Waals surface area contributed by atoms with E-state index in [1.807, 2.05) is 0 Å². The maximum Gasteiger partial charge on any atom is 0.0474 e. The molecule has 3 heteroatoms. The number of likely N-dealkylation sites (tertiary alicyclic amines) is 1. The summed E-state index contributed by atoms with van der Waals surface area (Å²) in [6, 6.07) is 10.9. The van der Waals surface area contributed by atoms with Crippen LogP contribution >= 0.6 is 0 Å². The minimum absolute atomic E-state index is 0.859. The van der Waals surface area contributed by atoms with Crippen molar-refractivity contribution in [3.63, 3.8) is 0 Å². The molecule has 0 amide bonds. The number of methoxy groups -OCH3 is 1. The smallest absolute Gasteiger partial charge is 0.0474 e. The minimum atomic E-state index is 0.859. The fraction of sp³-hybridized carbons (Fsp3) is 0.667. The standard InChI is InChI=1S/C18H30N2O/c1-21-15-5-10-19-11-14-20-12-8-18(9-13-20)16-17-6-3-2-4-7-17/h2-4,6-7,18-19H,5,8-16H2,1H3. The van der Waals surface area contributed by atoms with Gasteiger partial charge in [0, 0.05) is 26.8 Å². The Hall–Kier alpha value is -0.900. The van der Waals surface area contributed by atoms with Gasteiger partial charge in [-0.3, -0.25) is 0 Å². The van der Waals surface area contributed by atoms with Gasteiger partial charge in [-0.1, -0.05) is 30.3 Å². The molecule has 1 aliphatic rings. The first-order valence-electron chi connectivity index (χ1n) is 8.34. The molecule has 0 aliphatic carbocycles. The molecule has 1 aliphatic heterocycles. The fourth-order valence-electron chi connectivity index (χ4n) is 3.07. The Morgan fingerprint density at radius 3 is 2.62 bits per heavy atom. The Balaban J connectivity index is 1.54. The third-order valence-electron chi connectivity index (χ3n) is 4.38. The van der Waals surface area contributed by atoms with Crippen LogP contribution in [0.4, 0.5) is 0 Å². The molecule has 0 aromatic heterocycles. The molecule has 118 valence electrons. The number of piperidine rings is 1. The van der Waals surface area contributed by atoms with Crippen LogP contribution in [-0.2, 0) is 11.2 Å². The van der Waals surface area contributed by atoms with Gasteiger partial charge in [0.25, 0.3) is 0 Å². The van der Waals surface area contributed by atoms with Crippen molar-refractivity contribution in [3.8, 4) is 0 Å². The van der Waals surface area contributed by atoms with Crippen LogP contribution in [0, 0.1) is 5.92 Å². The molecule has 1 aromatic rings. The van der Waals surface area contributed by atoms with Gasteiger partial charge in [0.1, 0.15) is 0 Å². The van der Waals surface area contributed by atoms with E-state index in [0.29, 0.717) is 0 Å². The highest BCUT2D eigenvalue weighted by Gasteiger charge is 2.18. The number of nitrogens with one attached hydrogen (secondary N) is 1. The zero-order valence-electron chi connectivity index (χ0n) is 13.4. The number of benzene rings is 1. The normalized spacial score (nSPS) is 17.2. The highest BCUT2D eigenvalue weighted by atomic mass is 16.5. The Morgan fingerprint density at radius 1 is 1.14 bits per heavy atom. The maximum atomic E-state index is 5.05. The van der Waals surface area contributed by atoms with E-state index in [9.17, 15) is 0 Å². The van der Waals surface area contributed by atoms with Gasteiger partial charge in [-0.05, 0) is 56.8 Å². The van der Waals surface area contributed by atoms with Crippen LogP contribution in [0.2, 0.25) is 0 Å². The van der Waals surface area contributed by atoms with E-state index < -0.39 is 0 Å². The molecule has 1 fully saturated rings. The predicted molar refractivity (Wildman–Crippen MR) is 88.7 cm³/mol. The lowest BCUT2D eigenvalue weighted by Gasteiger charge is -2.32. The summed E-state index contributed by atoms with van der Waals surface area (Å²) < 4.78 is 5.05. The molecule has 1 heterocycles. The van der Waals surface area contributed by atoms with E-state index in [2.05, 4.69) is 40.5 Å². The second-order valence-electron chi connectivity index (χ2n) is 6.07. The zero-order valence-corrected chi connectivity index (χ0v) is 13.4. The third-order valence-corrected chi connectivity index (χ3v) is 4.38. The van der Waals surface area contributed by atoms with Crippen LogP contribution in [0.25, 0.3) is 0 Å². The number of rotatable bonds is 9. The molecular formula is C18H30N2O. The van der Waals surface area contributed by atoms with Gasteiger partial charge in [0.15, 0.2) is 0 Å². The Kier molecular flexibility index (Phi) is 7.79. The van der Waals surface area contributed by atoms with Crippen LogP contribution in [0.1, 0.15) is 24.8 Å². The molecule has 1 N–H and O–H groups in total. The largest absolute Gasteiger partial charge is 0.385 e. The third kappa shape index (κ3) is 6.60. The molecule has 0 saturated carbocycles. The molecule has 1 aromatic carbocycles. The first kappa shape index (κ1) is 16.5. The number of hydrogen-bond acceptors (Lipinski definition) is 3. The minimum Gasteiger partial charge on any atom is -0.385 e. The van der Waals surface area contributed by atoms with Gasteiger partial charge < -0.3 is 15.0 Å². The summed E-state index contributed by atoms with van der Waals surface area (Å²) in [7, 11) is 1.76. The lowest BCUT2D eigenvalue weighted by Crippen LogP contribution is -2.38. The van der Waals surface area contributed by atoms with Crippen molar-refractivity contribution in [1.82, 2.24) is 10.2 Å². The lowest BCUT2D eigenvalue weighted by molar-refractivity contribution is 0.180. The molecule has 0 unspecified atom stereocenters. The molecule has 0 spiro atoms. The highest BCUT2D eigenvalue weighted by Crippen LogP contribution is 2.21. The van der Waals surface area contributed by atoms with Gasteiger partial charge in [0.05, 0.1) is 0 Å². The summed E-state index contributed by atoms with van der Waals surface area (Å²) in [6.07, 6.45) is 5.05. The topological polar surface area (TPSA) is 24.5 Å². The van der Waals surface area contributed by atoms with Gasteiger partial charge in [0.2, 0.25) is 0 Å². The Bertz CT molecular complexity index is 361. The van der Waals surface area contributed by atoms with E-state index in [-0.39, 0.29) is 0 Å². The monoisotopic (exact) mass is 290 g/mol. The average molecular weight is 290 g/mol. The first-order valence-corrected chi connectivity index (χ1v) is 8.34. The van der Waals surface area contributed by atoms with Gasteiger partial charge >= 0.3 is 0 Å². The van der Waals surface area contributed by atoms with Crippen molar-refractivity contribution in [2.45, 2.75) is 25.7 Å². The zero-order chi connectivity index (χ0) is 14.8. The van der Waals surface area contributed by atoms with Crippen molar-refractivity contribution >= 4 is 0 Å². The maximum absolute atomic E-state index is 5.05. The van der Waals surface area contributed by atoms with E-state index >= 15 is 0 Å². The Labute approximate surface area is 129 Å². The Morgan fingerprint density at radius 2 is 1.90 bits per heavy atom. The highest BCUT2D eigenvalue weighted by molar-refractivity contribution is 5.15. The van der Waals surface area contributed by atoms with Crippen molar-refractivity contribution in [2.75, 3.05) is 46.4 Å². The fourth-order valence-corrected chi connectivity index (χ4v) is 3.07. The van der Waals surface area contributed by atoms with Crippen molar-refractivity contribution in [1.29, 1.82) is 0 Å². The summed E-state index contributed by atoms with van der Waals surface area (Å²) in [5, 5.41) is 3.50. The second-order valence-corrected chi connectivity index (χ2v) is 6.07. The van der Waals surface area contributed by atoms with E-state index in [1.54, 1.807) is 7.11 Å². The molecule has 0 atom stereocenters. The van der Waals surface area contributed by atoms with Crippen molar-refractivity contribution < 1.29 is 4.74 Å². The summed E-state index contributed by atoms with van der Waals surface area (Å²) in [6.45, 7) is 6.74. The SMILES string of the molecule is COCCCNCCN1CCC(Cc2ccccc2)CC1. The number of ether oxygens (including phenoxy) is 1. The number of nitrogens with zero attached hydrogens (tertiary/aromatic N) is 1. The van der Waals surface area contributed by atoms with Crippen molar-refractivity contribution in [2.24, 2.45) is 5.92 Å². The van der Waals surface area contributed by atoms with E-state index in [4.69, 9.17) is 4.74 Å². The summed E-state index contributed by atoms with van der Waals surface area (Å²) in [5.74, 6) is 0.873. The molecule has 2 rings (SSSR count). The van der Waals surface area contributed by atoms with Crippen molar-refractivity contribution in [3.05, 3.63) is 35.9 Å². The van der Waals surface area contributed by atoms with E-state index in [0.717, 1.165) is 32.0 Å². The van der Waals surface area contributed by atoms with Crippen LogP contribution in [-0.4, -0.2) is 51.3 Å². The second kappa shape index (κ2) is 9.93. The number of hydrogen-bond donors (Lipinski definition) is 1. The molecule has 3 nitrogen and oxygen atoms in total. The van der Waals surface area contributed by atoms with Gasteiger partial charge in [-0.2, -0.15) is 0 Å². The average Bonchev–Trinajstić information content (AvgIpc) is 2.53. The van der Waals surface area contributed by atoms with E-state index in [1.165, 1.54) is 44.5 Å². The van der Waals surface area contributed by atoms with Gasteiger partial charge in [-0.15, -0.1) is 0 Å². The summed E-state index contributed by atoms with van der Waals surface area (Å²) in [4.78, 5) is 2.60. The summed E-state index contributed by atoms with van der Waals surface area (Å²) in [5.41, 5.74) is 1.50. The molecule has 1 saturated heterocycles. The van der Waals surface area contributed by atoms with Crippen LogP contribution in [0.3, 0.4) is 0 Å². The van der Waals surface area contributed by atoms with Gasteiger partial charge in [-0.25, -0.2) is 0 Å². The van der Waals surface area contributed by atoms with Crippen LogP contribution in [0.5, 0.6) is 0 Å². The van der Waals surface area contributed by atoms with Crippen LogP contribution < -0.4 is 5.32 Å². The first-order chi connectivity index (χ1) is 10.4. The quantitative estimate of drug-likeness (QED) is 0.708.